The fourth-order valence-electron chi connectivity index (χ4n) is 3.33. The monoisotopic (exact) mass is 388 g/mol. The second-order valence-corrected chi connectivity index (χ2v) is 6.48. The van der Waals surface area contributed by atoms with Crippen LogP contribution in [0.3, 0.4) is 0 Å². The van der Waals surface area contributed by atoms with Gasteiger partial charge in [0.25, 0.3) is 5.91 Å². The summed E-state index contributed by atoms with van der Waals surface area (Å²) in [6.45, 7) is 0.910. The minimum absolute atomic E-state index is 0.170. The van der Waals surface area contributed by atoms with Gasteiger partial charge in [-0.05, 0) is 30.3 Å². The molecule has 0 aliphatic carbocycles. The second-order valence-electron chi connectivity index (χ2n) is 6.48. The number of aromatic hydroxyl groups is 1. The number of rotatable bonds is 3. The number of hydrogen-bond acceptors (Lipinski definition) is 5. The lowest BCUT2D eigenvalue weighted by Crippen LogP contribution is -2.15. The van der Waals surface area contributed by atoms with Gasteiger partial charge in [-0.25, -0.2) is 0 Å². The Labute approximate surface area is 165 Å². The van der Waals surface area contributed by atoms with Gasteiger partial charge in [0, 0.05) is 23.8 Å². The molecule has 29 heavy (non-hydrogen) atoms. The summed E-state index contributed by atoms with van der Waals surface area (Å²) in [5.41, 5.74) is 1.88. The van der Waals surface area contributed by atoms with E-state index in [4.69, 9.17) is 9.47 Å². The van der Waals surface area contributed by atoms with Crippen LogP contribution in [-0.4, -0.2) is 33.8 Å². The van der Waals surface area contributed by atoms with E-state index in [-0.39, 0.29) is 11.6 Å². The van der Waals surface area contributed by atoms with Gasteiger partial charge in [-0.15, -0.1) is 10.2 Å². The number of fused-ring (bicyclic) bond motifs is 2. The van der Waals surface area contributed by atoms with E-state index in [0.717, 1.165) is 0 Å². The van der Waals surface area contributed by atoms with Crippen LogP contribution < -0.4 is 9.47 Å². The average Bonchev–Trinajstić information content (AvgIpc) is 3.38. The van der Waals surface area contributed by atoms with Gasteiger partial charge in [-0.1, -0.05) is 12.1 Å². The fourth-order valence-corrected chi connectivity index (χ4v) is 3.33. The first-order chi connectivity index (χ1) is 14.2. The molecule has 0 unspecified atom stereocenters. The van der Waals surface area contributed by atoms with Gasteiger partial charge in [0.1, 0.15) is 13.2 Å². The van der Waals surface area contributed by atoms with Crippen LogP contribution in [0.4, 0.5) is 5.69 Å². The van der Waals surface area contributed by atoms with E-state index in [1.807, 2.05) is 41.2 Å². The van der Waals surface area contributed by atoms with Crippen molar-refractivity contribution < 1.29 is 19.4 Å². The molecule has 8 nitrogen and oxygen atoms in total. The number of aromatic nitrogens is 2. The van der Waals surface area contributed by atoms with Gasteiger partial charge in [-0.3, -0.25) is 4.79 Å². The topological polar surface area (TPSA) is 101 Å². The highest BCUT2D eigenvalue weighted by Gasteiger charge is 2.19. The molecule has 0 radical (unpaired) electrons. The fraction of sp³-hybridized carbons (Fsp3) is 0.0952. The minimum Gasteiger partial charge on any atom is -0.493 e. The summed E-state index contributed by atoms with van der Waals surface area (Å²) in [5, 5.41) is 18.7. The van der Waals surface area contributed by atoms with E-state index < -0.39 is 5.91 Å². The highest BCUT2D eigenvalue weighted by molar-refractivity contribution is 5.99. The van der Waals surface area contributed by atoms with Gasteiger partial charge in [0.05, 0.1) is 16.8 Å². The number of para-hydroxylation sites is 1. The lowest BCUT2D eigenvalue weighted by Gasteiger charge is -2.18. The SMILES string of the molecule is O=C(N=Nc1c(O)[nH]c2cc3c(cc12)OCCO3)c1ccccc1-n1cccc1. The summed E-state index contributed by atoms with van der Waals surface area (Å²) < 4.78 is 13.0. The smallest absolute Gasteiger partial charge is 0.297 e. The van der Waals surface area contributed by atoms with E-state index in [1.165, 1.54) is 0 Å². The normalized spacial score (nSPS) is 13.2. The van der Waals surface area contributed by atoms with Crippen molar-refractivity contribution in [2.24, 2.45) is 10.2 Å². The molecular weight excluding hydrogens is 372 g/mol. The van der Waals surface area contributed by atoms with Crippen molar-refractivity contribution in [1.29, 1.82) is 0 Å². The van der Waals surface area contributed by atoms with Crippen LogP contribution in [0.25, 0.3) is 16.6 Å². The van der Waals surface area contributed by atoms with E-state index in [1.54, 1.807) is 24.3 Å². The number of ether oxygens (including phenoxy) is 2. The number of azo groups is 1. The third-order valence-corrected chi connectivity index (χ3v) is 4.67. The van der Waals surface area contributed by atoms with E-state index in [9.17, 15) is 9.90 Å². The summed E-state index contributed by atoms with van der Waals surface area (Å²) in [7, 11) is 0. The summed E-state index contributed by atoms with van der Waals surface area (Å²) in [6.07, 6.45) is 3.69. The Kier molecular flexibility index (Phi) is 4.02. The first kappa shape index (κ1) is 17.1. The zero-order valence-corrected chi connectivity index (χ0v) is 15.2. The maximum atomic E-state index is 12.7. The molecule has 0 atom stereocenters. The molecule has 0 fully saturated rings. The van der Waals surface area contributed by atoms with Crippen molar-refractivity contribution >= 4 is 22.5 Å². The Bertz CT molecular complexity index is 1240. The number of aromatic amines is 1. The van der Waals surface area contributed by atoms with Crippen molar-refractivity contribution in [2.75, 3.05) is 13.2 Å². The van der Waals surface area contributed by atoms with Crippen molar-refractivity contribution in [1.82, 2.24) is 9.55 Å². The van der Waals surface area contributed by atoms with E-state index >= 15 is 0 Å². The zero-order valence-electron chi connectivity index (χ0n) is 15.2. The Morgan fingerprint density at radius 2 is 1.76 bits per heavy atom. The maximum absolute atomic E-state index is 12.7. The quantitative estimate of drug-likeness (QED) is 0.509. The molecule has 4 aromatic rings. The summed E-state index contributed by atoms with van der Waals surface area (Å²) in [4.78, 5) is 15.6. The molecule has 0 bridgehead atoms. The average molecular weight is 388 g/mol. The third kappa shape index (κ3) is 3.00. The summed E-state index contributed by atoms with van der Waals surface area (Å²) >= 11 is 0. The Balaban J connectivity index is 1.52. The number of nitrogens with zero attached hydrogens (tertiary/aromatic N) is 3. The van der Waals surface area contributed by atoms with Gasteiger partial charge in [-0.2, -0.15) is 0 Å². The van der Waals surface area contributed by atoms with E-state index in [0.29, 0.717) is 46.9 Å². The molecule has 1 aliphatic rings. The Hall–Kier alpha value is -4.07. The van der Waals surface area contributed by atoms with Gasteiger partial charge < -0.3 is 24.1 Å². The zero-order chi connectivity index (χ0) is 19.8. The highest BCUT2D eigenvalue weighted by atomic mass is 16.6. The number of H-pyrrole nitrogens is 1. The van der Waals surface area contributed by atoms with Gasteiger partial charge in [0.15, 0.2) is 17.2 Å². The number of amides is 1. The molecule has 2 aromatic carbocycles. The summed E-state index contributed by atoms with van der Waals surface area (Å²) in [6, 6.07) is 14.3. The second kappa shape index (κ2) is 6.83. The number of benzene rings is 2. The minimum atomic E-state index is -0.513. The van der Waals surface area contributed by atoms with Crippen molar-refractivity contribution in [3.63, 3.8) is 0 Å². The molecule has 2 aromatic heterocycles. The van der Waals surface area contributed by atoms with Crippen molar-refractivity contribution in [3.05, 3.63) is 66.5 Å². The molecule has 1 aliphatic heterocycles. The molecule has 1 amide bonds. The molecule has 0 spiro atoms. The van der Waals surface area contributed by atoms with Crippen LogP contribution in [0, 0.1) is 0 Å². The molecule has 3 heterocycles. The number of nitrogens with one attached hydrogen (secondary N) is 1. The van der Waals surface area contributed by atoms with Gasteiger partial charge in [0.2, 0.25) is 5.88 Å². The molecule has 5 rings (SSSR count). The van der Waals surface area contributed by atoms with Crippen LogP contribution in [-0.2, 0) is 0 Å². The largest absolute Gasteiger partial charge is 0.493 e. The van der Waals surface area contributed by atoms with Gasteiger partial charge >= 0.3 is 0 Å². The predicted octanol–water partition coefficient (Wildman–Crippen LogP) is 4.36. The van der Waals surface area contributed by atoms with Crippen LogP contribution in [0.5, 0.6) is 17.4 Å². The van der Waals surface area contributed by atoms with Crippen LogP contribution in [0.2, 0.25) is 0 Å². The Morgan fingerprint density at radius 3 is 2.55 bits per heavy atom. The number of carbonyl (C=O) groups excluding carboxylic acids is 1. The standard InChI is InChI=1S/C21H16N4O4/c26-20(13-5-1-2-6-16(13)25-7-3-4-8-25)24-23-19-14-11-17-18(29-10-9-28-17)12-15(14)22-21(19)27/h1-8,11-12,22,27H,9-10H2. The molecule has 0 saturated heterocycles. The summed E-state index contributed by atoms with van der Waals surface area (Å²) in [5.74, 6) is 0.451. The molecule has 0 saturated carbocycles. The van der Waals surface area contributed by atoms with Crippen LogP contribution in [0.15, 0.2) is 71.2 Å². The predicted molar refractivity (Wildman–Crippen MR) is 106 cm³/mol. The third-order valence-electron chi connectivity index (χ3n) is 4.67. The molecular formula is C21H16N4O4. The lowest BCUT2D eigenvalue weighted by atomic mass is 10.1. The van der Waals surface area contributed by atoms with Crippen LogP contribution >= 0.6 is 0 Å². The van der Waals surface area contributed by atoms with Crippen molar-refractivity contribution in [3.8, 4) is 23.1 Å². The molecule has 8 heteroatoms. The van der Waals surface area contributed by atoms with E-state index in [2.05, 4.69) is 15.2 Å². The Morgan fingerprint density at radius 1 is 1.03 bits per heavy atom. The number of hydrogen-bond donors (Lipinski definition) is 2. The van der Waals surface area contributed by atoms with Crippen LogP contribution in [0.1, 0.15) is 10.4 Å². The first-order valence-corrected chi connectivity index (χ1v) is 9.03. The molecule has 2 N–H and O–H groups in total. The maximum Gasteiger partial charge on any atom is 0.297 e. The molecule has 144 valence electrons. The first-order valence-electron chi connectivity index (χ1n) is 9.03. The lowest BCUT2D eigenvalue weighted by molar-refractivity contribution is 0.0995. The number of carbonyl (C=O) groups is 1. The van der Waals surface area contributed by atoms with Crippen molar-refractivity contribution in [2.45, 2.75) is 0 Å². The highest BCUT2D eigenvalue weighted by Crippen LogP contribution is 2.42.